The number of halogens is 1. The van der Waals surface area contributed by atoms with Gasteiger partial charge in [0, 0.05) is 18.7 Å². The monoisotopic (exact) mass is 423 g/mol. The average Bonchev–Trinajstić information content (AvgIpc) is 2.69. The lowest BCUT2D eigenvalue weighted by atomic mass is 10.0. The first kappa shape index (κ1) is 20.2. The molecule has 0 spiro atoms. The van der Waals surface area contributed by atoms with Crippen molar-refractivity contribution in [3.8, 4) is 0 Å². The van der Waals surface area contributed by atoms with Crippen LogP contribution >= 0.6 is 11.6 Å². The quantitative estimate of drug-likeness (QED) is 0.585. The number of anilines is 1. The van der Waals surface area contributed by atoms with Gasteiger partial charge in [-0.25, -0.2) is 8.42 Å². The molecule has 0 radical (unpaired) electrons. The molecule has 8 nitrogen and oxygen atoms in total. The molecule has 0 unspecified atom stereocenters. The number of piperidine rings is 1. The van der Waals surface area contributed by atoms with E-state index in [9.17, 15) is 23.3 Å². The molecule has 10 heteroatoms. The number of non-ortho nitro benzene ring substituents is 1. The smallest absolute Gasteiger partial charge is 0.269 e. The van der Waals surface area contributed by atoms with Crippen LogP contribution in [0.4, 0.5) is 11.4 Å². The maximum atomic E-state index is 13.1. The largest absolute Gasteiger partial charge is 0.323 e. The number of nitrogens with zero attached hydrogens (tertiary/aromatic N) is 2. The van der Waals surface area contributed by atoms with Gasteiger partial charge in [-0.15, -0.1) is 0 Å². The third kappa shape index (κ3) is 4.16. The summed E-state index contributed by atoms with van der Waals surface area (Å²) in [7, 11) is -3.98. The normalized spacial score (nSPS) is 17.8. The second-order valence-corrected chi connectivity index (χ2v) is 8.65. The van der Waals surface area contributed by atoms with Gasteiger partial charge in [-0.05, 0) is 37.1 Å². The molecule has 28 heavy (non-hydrogen) atoms. The summed E-state index contributed by atoms with van der Waals surface area (Å²) in [5, 5.41) is 13.8. The fourth-order valence-corrected chi connectivity index (χ4v) is 4.95. The Bertz CT molecular complexity index is 995. The molecule has 2 aromatic rings. The molecule has 1 amide bonds. The summed E-state index contributed by atoms with van der Waals surface area (Å²) < 4.78 is 27.3. The number of para-hydroxylation sites is 1. The van der Waals surface area contributed by atoms with Crippen molar-refractivity contribution in [1.82, 2.24) is 4.31 Å². The maximum absolute atomic E-state index is 13.1. The van der Waals surface area contributed by atoms with E-state index >= 15 is 0 Å². The standard InChI is InChI=1S/C18H18ClN3O5S/c19-15-5-1-2-6-16(15)20-18(23)17-7-3-4-12-21(17)28(26,27)14-10-8-13(9-11-14)22(24)25/h1-2,5-6,8-11,17H,3-4,7,12H2,(H,20,23)/t17-/m0/s1. The average molecular weight is 424 g/mol. The van der Waals surface area contributed by atoms with E-state index in [1.165, 1.54) is 12.1 Å². The fourth-order valence-electron chi connectivity index (χ4n) is 3.11. The molecule has 1 atom stereocenters. The number of nitrogens with one attached hydrogen (secondary N) is 1. The predicted molar refractivity (Wildman–Crippen MR) is 105 cm³/mol. The summed E-state index contributed by atoms with van der Waals surface area (Å²) in [6, 6.07) is 10.5. The number of hydrogen-bond donors (Lipinski definition) is 1. The Kier molecular flexibility index (Phi) is 5.97. The number of carbonyl (C=O) groups is 1. The first-order chi connectivity index (χ1) is 13.3. The SMILES string of the molecule is O=C(Nc1ccccc1Cl)[C@@H]1CCCCN1S(=O)(=O)c1ccc([N+](=O)[O-])cc1. The van der Waals surface area contributed by atoms with E-state index in [1.807, 2.05) is 0 Å². The van der Waals surface area contributed by atoms with Crippen molar-refractivity contribution in [3.05, 3.63) is 63.7 Å². The number of hydrogen-bond acceptors (Lipinski definition) is 5. The molecule has 2 aromatic carbocycles. The van der Waals surface area contributed by atoms with Crippen molar-refractivity contribution in [2.45, 2.75) is 30.2 Å². The molecular weight excluding hydrogens is 406 g/mol. The highest BCUT2D eigenvalue weighted by Crippen LogP contribution is 2.28. The van der Waals surface area contributed by atoms with E-state index in [1.54, 1.807) is 24.3 Å². The van der Waals surface area contributed by atoms with Crippen LogP contribution in [-0.2, 0) is 14.8 Å². The van der Waals surface area contributed by atoms with Crippen LogP contribution in [0, 0.1) is 10.1 Å². The number of amides is 1. The summed E-state index contributed by atoms with van der Waals surface area (Å²) in [5.74, 6) is -0.460. The molecule has 1 aliphatic rings. The molecule has 1 N–H and O–H groups in total. The molecule has 0 saturated carbocycles. The first-order valence-corrected chi connectivity index (χ1v) is 10.4. The van der Waals surface area contributed by atoms with E-state index in [2.05, 4.69) is 5.32 Å². The Morgan fingerprint density at radius 1 is 1.14 bits per heavy atom. The molecule has 0 aliphatic carbocycles. The Morgan fingerprint density at radius 2 is 1.82 bits per heavy atom. The number of sulfonamides is 1. The Labute approximate surface area is 167 Å². The van der Waals surface area contributed by atoms with E-state index < -0.39 is 26.9 Å². The van der Waals surface area contributed by atoms with Gasteiger partial charge in [0.05, 0.1) is 20.5 Å². The van der Waals surface area contributed by atoms with Crippen LogP contribution in [0.1, 0.15) is 19.3 Å². The van der Waals surface area contributed by atoms with Gasteiger partial charge < -0.3 is 5.32 Å². The zero-order valence-corrected chi connectivity index (χ0v) is 16.3. The second kappa shape index (κ2) is 8.26. The number of rotatable bonds is 5. The van der Waals surface area contributed by atoms with E-state index in [0.717, 1.165) is 16.4 Å². The lowest BCUT2D eigenvalue weighted by molar-refractivity contribution is -0.384. The maximum Gasteiger partial charge on any atom is 0.269 e. The van der Waals surface area contributed by atoms with Gasteiger partial charge in [-0.3, -0.25) is 14.9 Å². The lowest BCUT2D eigenvalue weighted by Gasteiger charge is -2.33. The van der Waals surface area contributed by atoms with Crippen molar-refractivity contribution < 1.29 is 18.1 Å². The molecule has 1 saturated heterocycles. The highest BCUT2D eigenvalue weighted by molar-refractivity contribution is 7.89. The lowest BCUT2D eigenvalue weighted by Crippen LogP contribution is -2.49. The Hall–Kier alpha value is -2.49. The van der Waals surface area contributed by atoms with Gasteiger partial charge in [-0.1, -0.05) is 30.2 Å². The molecule has 3 rings (SSSR count). The van der Waals surface area contributed by atoms with Crippen LogP contribution in [-0.4, -0.2) is 36.1 Å². The minimum Gasteiger partial charge on any atom is -0.323 e. The topological polar surface area (TPSA) is 110 Å². The zero-order chi connectivity index (χ0) is 20.3. The van der Waals surface area contributed by atoms with Gasteiger partial charge in [0.25, 0.3) is 5.69 Å². The highest BCUT2D eigenvalue weighted by Gasteiger charge is 2.37. The van der Waals surface area contributed by atoms with Crippen molar-refractivity contribution in [3.63, 3.8) is 0 Å². The van der Waals surface area contributed by atoms with Crippen LogP contribution in [0.5, 0.6) is 0 Å². The Balaban J connectivity index is 1.86. The second-order valence-electron chi connectivity index (χ2n) is 6.35. The van der Waals surface area contributed by atoms with E-state index in [0.29, 0.717) is 30.0 Å². The fraction of sp³-hybridized carbons (Fsp3) is 0.278. The number of nitro benzene ring substituents is 1. The van der Waals surface area contributed by atoms with Crippen molar-refractivity contribution in [2.24, 2.45) is 0 Å². The number of carbonyl (C=O) groups excluding carboxylic acids is 1. The van der Waals surface area contributed by atoms with Gasteiger partial charge in [0.1, 0.15) is 6.04 Å². The molecule has 1 fully saturated rings. The molecule has 148 valence electrons. The van der Waals surface area contributed by atoms with Gasteiger partial charge in [0.15, 0.2) is 0 Å². The zero-order valence-electron chi connectivity index (χ0n) is 14.7. The van der Waals surface area contributed by atoms with Crippen molar-refractivity contribution in [2.75, 3.05) is 11.9 Å². The van der Waals surface area contributed by atoms with Crippen molar-refractivity contribution >= 4 is 38.9 Å². The summed E-state index contributed by atoms with van der Waals surface area (Å²) in [6.07, 6.45) is 1.72. The minimum absolute atomic E-state index is 0.0875. The molecule has 0 bridgehead atoms. The highest BCUT2D eigenvalue weighted by atomic mass is 35.5. The van der Waals surface area contributed by atoms with Crippen LogP contribution < -0.4 is 5.32 Å². The molecular formula is C18H18ClN3O5S. The first-order valence-electron chi connectivity index (χ1n) is 8.62. The summed E-state index contributed by atoms with van der Waals surface area (Å²) in [5.41, 5.74) is 0.207. The van der Waals surface area contributed by atoms with Gasteiger partial charge >= 0.3 is 0 Å². The van der Waals surface area contributed by atoms with Crippen molar-refractivity contribution in [1.29, 1.82) is 0 Å². The molecule has 0 aromatic heterocycles. The van der Waals surface area contributed by atoms with E-state index in [-0.39, 0.29) is 17.1 Å². The number of benzene rings is 2. The van der Waals surface area contributed by atoms with Gasteiger partial charge in [0.2, 0.25) is 15.9 Å². The van der Waals surface area contributed by atoms with Crippen LogP contribution in [0.3, 0.4) is 0 Å². The summed E-state index contributed by atoms with van der Waals surface area (Å²) >= 11 is 6.07. The predicted octanol–water partition coefficient (Wildman–Crippen LogP) is 3.43. The third-order valence-corrected chi connectivity index (χ3v) is 6.79. The Morgan fingerprint density at radius 3 is 2.46 bits per heavy atom. The van der Waals surface area contributed by atoms with Crippen LogP contribution in [0.2, 0.25) is 5.02 Å². The van der Waals surface area contributed by atoms with Gasteiger partial charge in [-0.2, -0.15) is 4.31 Å². The van der Waals surface area contributed by atoms with E-state index in [4.69, 9.17) is 11.6 Å². The third-order valence-electron chi connectivity index (χ3n) is 4.54. The molecule has 1 heterocycles. The number of nitro groups is 1. The van der Waals surface area contributed by atoms with Crippen LogP contribution in [0.25, 0.3) is 0 Å². The minimum atomic E-state index is -3.98. The summed E-state index contributed by atoms with van der Waals surface area (Å²) in [6.45, 7) is 0.194. The molecule has 1 aliphatic heterocycles. The summed E-state index contributed by atoms with van der Waals surface area (Å²) in [4.78, 5) is 22.9. The van der Waals surface area contributed by atoms with Crippen LogP contribution in [0.15, 0.2) is 53.4 Å².